The number of hydrogen-bond donors (Lipinski definition) is 2. The Labute approximate surface area is 131 Å². The van der Waals surface area contributed by atoms with Gasteiger partial charge in [-0.15, -0.1) is 0 Å². The fourth-order valence-corrected chi connectivity index (χ4v) is 2.33. The molecule has 0 unspecified atom stereocenters. The minimum absolute atomic E-state index is 0.129. The molecule has 1 aromatic carbocycles. The van der Waals surface area contributed by atoms with Crippen LogP contribution in [-0.2, 0) is 0 Å². The molecule has 116 valence electrons. The first-order valence-electron chi connectivity index (χ1n) is 6.92. The highest BCUT2D eigenvalue weighted by molar-refractivity contribution is 6.01. The zero-order valence-electron chi connectivity index (χ0n) is 12.3. The number of benzene rings is 1. The molecule has 1 amide bonds. The van der Waals surface area contributed by atoms with E-state index in [9.17, 15) is 14.8 Å². The van der Waals surface area contributed by atoms with Crippen LogP contribution in [0.3, 0.4) is 0 Å². The molecule has 0 radical (unpaired) electrons. The van der Waals surface area contributed by atoms with E-state index in [1.807, 2.05) is 24.3 Å². The van der Waals surface area contributed by atoms with Crippen LogP contribution in [0.2, 0.25) is 0 Å². The molecule has 2 aromatic heterocycles. The van der Waals surface area contributed by atoms with Crippen molar-refractivity contribution in [2.24, 2.45) is 0 Å². The summed E-state index contributed by atoms with van der Waals surface area (Å²) in [5.41, 5.74) is 6.88. The number of nitrogens with one attached hydrogen (secondary N) is 2. The fraction of sp³-hybridized carbons (Fsp3) is 0.0625. The topological polar surface area (TPSA) is 90.1 Å². The van der Waals surface area contributed by atoms with Crippen molar-refractivity contribution < 1.29 is 14.3 Å². The van der Waals surface area contributed by atoms with Gasteiger partial charge in [0.05, 0.1) is 11.2 Å². The Kier molecular flexibility index (Phi) is 3.68. The van der Waals surface area contributed by atoms with Crippen molar-refractivity contribution in [1.29, 1.82) is 0 Å². The largest absolute Gasteiger partial charge is 0.619 e. The number of para-hydroxylation sites is 1. The minimum atomic E-state index is -0.449. The third-order valence-electron chi connectivity index (χ3n) is 3.40. The van der Waals surface area contributed by atoms with E-state index in [1.165, 1.54) is 36.0 Å². The predicted octanol–water partition coefficient (Wildman–Crippen LogP) is 1.69. The maximum Gasteiger partial charge on any atom is 0.275 e. The lowest BCUT2D eigenvalue weighted by atomic mass is 10.2. The smallest absolute Gasteiger partial charge is 0.275 e. The van der Waals surface area contributed by atoms with Gasteiger partial charge in [-0.1, -0.05) is 18.2 Å². The summed E-state index contributed by atoms with van der Waals surface area (Å²) in [4.78, 5) is 23.7. The number of fused-ring (bicyclic) bond motifs is 1. The number of rotatable bonds is 3. The maximum absolute atomic E-state index is 12.0. The van der Waals surface area contributed by atoms with E-state index in [1.54, 1.807) is 6.20 Å². The van der Waals surface area contributed by atoms with E-state index in [0.29, 0.717) is 10.4 Å². The summed E-state index contributed by atoms with van der Waals surface area (Å²) in [5.74, 6) is -0.578. The molecule has 7 heteroatoms. The molecule has 2 N–H and O–H groups in total. The number of hydrogen-bond acceptors (Lipinski definition) is 4. The van der Waals surface area contributed by atoms with Gasteiger partial charge in [-0.2, -0.15) is 4.73 Å². The second-order valence-electron chi connectivity index (χ2n) is 4.98. The summed E-state index contributed by atoms with van der Waals surface area (Å²) < 4.78 is 2.05. The lowest BCUT2D eigenvalue weighted by Crippen LogP contribution is -2.32. The van der Waals surface area contributed by atoms with Crippen molar-refractivity contribution in [2.75, 3.05) is 5.43 Å². The van der Waals surface area contributed by atoms with Gasteiger partial charge >= 0.3 is 0 Å². The standard InChI is InChI=1S/C16H14N4O3/c1-11(21)20-10-14(13-6-2-3-7-15(13)20)17-18-16(22)12-5-4-8-19(23)9-12/h2-10,17H,1H3,(H,18,22). The number of amides is 1. The molecule has 0 atom stereocenters. The second-order valence-corrected chi connectivity index (χ2v) is 4.98. The van der Waals surface area contributed by atoms with E-state index in [-0.39, 0.29) is 11.5 Å². The Bertz CT molecular complexity index is 901. The third-order valence-corrected chi connectivity index (χ3v) is 3.40. The van der Waals surface area contributed by atoms with Gasteiger partial charge in [0.1, 0.15) is 5.56 Å². The van der Waals surface area contributed by atoms with Gasteiger partial charge in [0.15, 0.2) is 12.4 Å². The van der Waals surface area contributed by atoms with Crippen LogP contribution in [0.1, 0.15) is 22.1 Å². The van der Waals surface area contributed by atoms with Crippen molar-refractivity contribution in [1.82, 2.24) is 9.99 Å². The molecule has 2 heterocycles. The van der Waals surface area contributed by atoms with Crippen LogP contribution in [0.4, 0.5) is 5.69 Å². The number of anilines is 1. The monoisotopic (exact) mass is 310 g/mol. The summed E-state index contributed by atoms with van der Waals surface area (Å²) >= 11 is 0. The molecule has 0 spiro atoms. The first-order valence-corrected chi connectivity index (χ1v) is 6.92. The molecule has 0 fully saturated rings. The maximum atomic E-state index is 12.0. The summed E-state index contributed by atoms with van der Waals surface area (Å²) in [6.45, 7) is 1.46. The predicted molar refractivity (Wildman–Crippen MR) is 84.7 cm³/mol. The number of hydrazine groups is 1. The van der Waals surface area contributed by atoms with Crippen LogP contribution in [0.5, 0.6) is 0 Å². The van der Waals surface area contributed by atoms with E-state index in [4.69, 9.17) is 0 Å². The molecule has 0 bridgehead atoms. The van der Waals surface area contributed by atoms with Crippen molar-refractivity contribution in [3.8, 4) is 0 Å². The van der Waals surface area contributed by atoms with Gasteiger partial charge < -0.3 is 5.21 Å². The van der Waals surface area contributed by atoms with Crippen LogP contribution < -0.4 is 15.6 Å². The van der Waals surface area contributed by atoms with E-state index in [2.05, 4.69) is 10.9 Å². The third kappa shape index (κ3) is 2.84. The molecule has 0 saturated carbocycles. The SMILES string of the molecule is CC(=O)n1cc(NNC(=O)c2ccc[n+]([O-])c2)c2ccccc21. The normalized spacial score (nSPS) is 10.5. The van der Waals surface area contributed by atoms with Crippen molar-refractivity contribution in [3.63, 3.8) is 0 Å². The van der Waals surface area contributed by atoms with E-state index < -0.39 is 5.91 Å². The average Bonchev–Trinajstić information content (AvgIpc) is 2.92. The summed E-state index contributed by atoms with van der Waals surface area (Å²) in [5, 5.41) is 12.0. The number of carbonyl (C=O) groups excluding carboxylic acids is 2. The van der Waals surface area contributed by atoms with Gasteiger partial charge in [0.25, 0.3) is 5.91 Å². The molecule has 0 aliphatic heterocycles. The molecule has 23 heavy (non-hydrogen) atoms. The van der Waals surface area contributed by atoms with Gasteiger partial charge in [-0.05, 0) is 12.1 Å². The van der Waals surface area contributed by atoms with Gasteiger partial charge in [0.2, 0.25) is 5.91 Å². The highest BCUT2D eigenvalue weighted by Gasteiger charge is 2.12. The molecule has 3 rings (SSSR count). The summed E-state index contributed by atoms with van der Waals surface area (Å²) in [6.07, 6.45) is 4.09. The lowest BCUT2D eigenvalue weighted by Gasteiger charge is -2.07. The lowest BCUT2D eigenvalue weighted by molar-refractivity contribution is -0.605. The Hall–Kier alpha value is -3.35. The molecule has 7 nitrogen and oxygen atoms in total. The molecule has 0 saturated heterocycles. The number of carbonyl (C=O) groups is 2. The Balaban J connectivity index is 1.85. The van der Waals surface area contributed by atoms with Crippen LogP contribution >= 0.6 is 0 Å². The molecule has 0 aliphatic carbocycles. The number of nitrogens with zero attached hydrogens (tertiary/aromatic N) is 2. The highest BCUT2D eigenvalue weighted by atomic mass is 16.5. The Morgan fingerprint density at radius 1 is 1.17 bits per heavy atom. The Morgan fingerprint density at radius 3 is 2.70 bits per heavy atom. The first kappa shape index (κ1) is 14.6. The number of aromatic nitrogens is 2. The molecular weight excluding hydrogens is 296 g/mol. The van der Waals surface area contributed by atoms with Gasteiger partial charge in [-0.25, -0.2) is 0 Å². The van der Waals surface area contributed by atoms with Crippen LogP contribution in [0.15, 0.2) is 55.0 Å². The quantitative estimate of drug-likeness (QED) is 0.437. The summed E-state index contributed by atoms with van der Waals surface area (Å²) in [6, 6.07) is 10.4. The first-order chi connectivity index (χ1) is 11.1. The van der Waals surface area contributed by atoms with E-state index >= 15 is 0 Å². The summed E-state index contributed by atoms with van der Waals surface area (Å²) in [7, 11) is 0. The van der Waals surface area contributed by atoms with Crippen LogP contribution in [0, 0.1) is 5.21 Å². The van der Waals surface area contributed by atoms with Crippen molar-refractivity contribution in [2.45, 2.75) is 6.92 Å². The van der Waals surface area contributed by atoms with Crippen molar-refractivity contribution >= 4 is 28.4 Å². The number of pyridine rings is 1. The fourth-order valence-electron chi connectivity index (χ4n) is 2.33. The van der Waals surface area contributed by atoms with Crippen LogP contribution in [-0.4, -0.2) is 16.4 Å². The van der Waals surface area contributed by atoms with Crippen molar-refractivity contribution in [3.05, 3.63) is 65.8 Å². The van der Waals surface area contributed by atoms with Crippen LogP contribution in [0.25, 0.3) is 10.9 Å². The zero-order chi connectivity index (χ0) is 16.4. The molecule has 0 aliphatic rings. The van der Waals surface area contributed by atoms with E-state index in [0.717, 1.165) is 10.9 Å². The second kappa shape index (κ2) is 5.80. The zero-order valence-corrected chi connectivity index (χ0v) is 12.3. The van der Waals surface area contributed by atoms with Gasteiger partial charge in [-0.3, -0.25) is 25.0 Å². The van der Waals surface area contributed by atoms with Gasteiger partial charge in [0, 0.05) is 24.6 Å². The Morgan fingerprint density at radius 2 is 1.96 bits per heavy atom. The molecule has 3 aromatic rings. The highest BCUT2D eigenvalue weighted by Crippen LogP contribution is 2.25. The molecular formula is C16H14N4O3. The average molecular weight is 310 g/mol. The minimum Gasteiger partial charge on any atom is -0.619 e.